The first-order chi connectivity index (χ1) is 8.79. The second kappa shape index (κ2) is 6.87. The lowest BCUT2D eigenvalue weighted by molar-refractivity contribution is 0.232. The summed E-state index contributed by atoms with van der Waals surface area (Å²) in [6.45, 7) is 5.24. The van der Waals surface area contributed by atoms with Crippen LogP contribution in [0.5, 0.6) is 0 Å². The van der Waals surface area contributed by atoms with E-state index < -0.39 is 0 Å². The third kappa shape index (κ3) is 3.80. The molecule has 1 aromatic rings. The monoisotopic (exact) mass is 270 g/mol. The highest BCUT2D eigenvalue weighted by Gasteiger charge is 2.18. The Morgan fingerprint density at radius 2 is 2.00 bits per heavy atom. The van der Waals surface area contributed by atoms with Gasteiger partial charge in [-0.2, -0.15) is 0 Å². The molecule has 0 radical (unpaired) electrons. The fourth-order valence-electron chi connectivity index (χ4n) is 2.10. The van der Waals surface area contributed by atoms with Crippen molar-refractivity contribution >= 4 is 17.5 Å². The Morgan fingerprint density at radius 3 is 2.67 bits per heavy atom. The highest BCUT2D eigenvalue weighted by atomic mass is 35.5. The molecule has 0 spiro atoms. The minimum absolute atomic E-state index is 0.288. The zero-order valence-electron chi connectivity index (χ0n) is 10.4. The summed E-state index contributed by atoms with van der Waals surface area (Å²) >= 11 is 5.87. The van der Waals surface area contributed by atoms with Gasteiger partial charge < -0.3 is 10.0 Å². The van der Waals surface area contributed by atoms with E-state index in [1.54, 1.807) is 12.3 Å². The van der Waals surface area contributed by atoms with E-state index in [1.807, 2.05) is 0 Å². The average Bonchev–Trinajstić information content (AvgIpc) is 2.40. The number of aromatic nitrogens is 2. The van der Waals surface area contributed by atoms with Crippen LogP contribution in [0.2, 0.25) is 5.15 Å². The van der Waals surface area contributed by atoms with Gasteiger partial charge in [-0.05, 0) is 25.5 Å². The van der Waals surface area contributed by atoms with E-state index in [0.29, 0.717) is 5.15 Å². The van der Waals surface area contributed by atoms with Gasteiger partial charge in [0.05, 0.1) is 0 Å². The van der Waals surface area contributed by atoms with Gasteiger partial charge in [0.25, 0.3) is 0 Å². The Bertz CT molecular complexity index is 369. The van der Waals surface area contributed by atoms with E-state index in [2.05, 4.69) is 19.8 Å². The van der Waals surface area contributed by atoms with E-state index >= 15 is 0 Å². The minimum Gasteiger partial charge on any atom is -0.396 e. The molecule has 1 saturated heterocycles. The van der Waals surface area contributed by atoms with Gasteiger partial charge in [-0.15, -0.1) is 0 Å². The molecule has 0 aliphatic carbocycles. The third-order valence-corrected chi connectivity index (χ3v) is 3.36. The largest absolute Gasteiger partial charge is 0.396 e. The van der Waals surface area contributed by atoms with Gasteiger partial charge in [-0.3, -0.25) is 4.90 Å². The first kappa shape index (κ1) is 13.5. The molecule has 0 atom stereocenters. The average molecular weight is 271 g/mol. The predicted octanol–water partition coefficient (Wildman–Crippen LogP) is 1.02. The van der Waals surface area contributed by atoms with Gasteiger partial charge in [0.15, 0.2) is 0 Å². The molecule has 1 fully saturated rings. The molecule has 2 rings (SSSR count). The number of aliphatic hydroxyl groups excluding tert-OH is 1. The molecule has 1 aliphatic heterocycles. The van der Waals surface area contributed by atoms with Gasteiger partial charge in [0.2, 0.25) is 5.95 Å². The van der Waals surface area contributed by atoms with Crippen molar-refractivity contribution in [3.05, 3.63) is 17.4 Å². The molecule has 0 aromatic carbocycles. The maximum Gasteiger partial charge on any atom is 0.226 e. The van der Waals surface area contributed by atoms with Crippen molar-refractivity contribution in [1.29, 1.82) is 0 Å². The number of anilines is 1. The summed E-state index contributed by atoms with van der Waals surface area (Å²) < 4.78 is 0. The van der Waals surface area contributed by atoms with E-state index in [0.717, 1.165) is 51.5 Å². The van der Waals surface area contributed by atoms with Crippen LogP contribution in [0.3, 0.4) is 0 Å². The maximum absolute atomic E-state index is 8.76. The lowest BCUT2D eigenvalue weighted by Crippen LogP contribution is -2.47. The van der Waals surface area contributed by atoms with Gasteiger partial charge >= 0.3 is 0 Å². The standard InChI is InChI=1S/C12H19ClN4O/c13-11-3-4-14-12(15-11)17-8-6-16(7-9-17)5-1-2-10-18/h3-4,18H,1-2,5-10H2. The molecule has 0 unspecified atom stereocenters. The molecule has 2 heterocycles. The first-order valence-electron chi connectivity index (χ1n) is 6.36. The summed E-state index contributed by atoms with van der Waals surface area (Å²) in [6.07, 6.45) is 3.64. The molecule has 0 saturated carbocycles. The van der Waals surface area contributed by atoms with Crippen molar-refractivity contribution in [1.82, 2.24) is 14.9 Å². The highest BCUT2D eigenvalue weighted by molar-refractivity contribution is 6.29. The number of unbranched alkanes of at least 4 members (excludes halogenated alkanes) is 1. The Kier molecular flexibility index (Phi) is 5.16. The fourth-order valence-corrected chi connectivity index (χ4v) is 2.23. The molecule has 1 aliphatic rings. The quantitative estimate of drug-likeness (QED) is 0.640. The molecule has 18 heavy (non-hydrogen) atoms. The molecule has 0 bridgehead atoms. The van der Waals surface area contributed by atoms with Gasteiger partial charge in [-0.25, -0.2) is 9.97 Å². The van der Waals surface area contributed by atoms with E-state index in [1.165, 1.54) is 0 Å². The molecule has 1 N–H and O–H groups in total. The Morgan fingerprint density at radius 1 is 1.22 bits per heavy atom. The van der Waals surface area contributed by atoms with Crippen LogP contribution < -0.4 is 4.90 Å². The summed E-state index contributed by atoms with van der Waals surface area (Å²) in [5.74, 6) is 0.720. The van der Waals surface area contributed by atoms with Crippen LogP contribution in [0.4, 0.5) is 5.95 Å². The van der Waals surface area contributed by atoms with Crippen LogP contribution in [0.25, 0.3) is 0 Å². The molecular weight excluding hydrogens is 252 g/mol. The molecule has 5 nitrogen and oxygen atoms in total. The smallest absolute Gasteiger partial charge is 0.226 e. The lowest BCUT2D eigenvalue weighted by atomic mass is 10.2. The van der Waals surface area contributed by atoms with Crippen LogP contribution in [-0.2, 0) is 0 Å². The zero-order valence-corrected chi connectivity index (χ0v) is 11.2. The fraction of sp³-hybridized carbons (Fsp3) is 0.667. The molecule has 6 heteroatoms. The van der Waals surface area contributed by atoms with Crippen molar-refractivity contribution < 1.29 is 5.11 Å². The van der Waals surface area contributed by atoms with Gasteiger partial charge in [-0.1, -0.05) is 11.6 Å². The number of rotatable bonds is 5. The topological polar surface area (TPSA) is 52.5 Å². The molecule has 1 aromatic heterocycles. The van der Waals surface area contributed by atoms with Crippen LogP contribution >= 0.6 is 11.6 Å². The predicted molar refractivity (Wildman–Crippen MR) is 72.0 cm³/mol. The first-order valence-corrected chi connectivity index (χ1v) is 6.74. The van der Waals surface area contributed by atoms with Gasteiger partial charge in [0.1, 0.15) is 5.15 Å². The maximum atomic E-state index is 8.76. The normalized spacial score (nSPS) is 17.1. The number of piperazine rings is 1. The van der Waals surface area contributed by atoms with Crippen molar-refractivity contribution in [3.63, 3.8) is 0 Å². The molecule has 0 amide bonds. The Hall–Kier alpha value is -0.910. The summed E-state index contributed by atoms with van der Waals surface area (Å²) in [4.78, 5) is 13.0. The summed E-state index contributed by atoms with van der Waals surface area (Å²) in [7, 11) is 0. The van der Waals surface area contributed by atoms with Crippen molar-refractivity contribution in [2.75, 3.05) is 44.2 Å². The van der Waals surface area contributed by atoms with Crippen LogP contribution in [0.1, 0.15) is 12.8 Å². The van der Waals surface area contributed by atoms with Crippen molar-refractivity contribution in [2.45, 2.75) is 12.8 Å². The van der Waals surface area contributed by atoms with E-state index in [-0.39, 0.29) is 6.61 Å². The minimum atomic E-state index is 0.288. The van der Waals surface area contributed by atoms with Crippen molar-refractivity contribution in [2.24, 2.45) is 0 Å². The van der Waals surface area contributed by atoms with E-state index in [4.69, 9.17) is 16.7 Å². The van der Waals surface area contributed by atoms with Gasteiger partial charge in [0, 0.05) is 39.0 Å². The zero-order chi connectivity index (χ0) is 12.8. The summed E-state index contributed by atoms with van der Waals surface area (Å²) in [6, 6.07) is 1.69. The van der Waals surface area contributed by atoms with Crippen molar-refractivity contribution in [3.8, 4) is 0 Å². The van der Waals surface area contributed by atoms with Crippen LogP contribution in [-0.4, -0.2) is 59.3 Å². The third-order valence-electron chi connectivity index (χ3n) is 3.15. The molecular formula is C12H19ClN4O. The number of nitrogens with zero attached hydrogens (tertiary/aromatic N) is 4. The van der Waals surface area contributed by atoms with Crippen LogP contribution in [0, 0.1) is 0 Å². The number of aliphatic hydroxyl groups is 1. The second-order valence-corrected chi connectivity index (χ2v) is 4.83. The second-order valence-electron chi connectivity index (χ2n) is 4.44. The summed E-state index contributed by atoms with van der Waals surface area (Å²) in [5, 5.41) is 9.25. The Labute approximate surface area is 112 Å². The number of hydrogen-bond acceptors (Lipinski definition) is 5. The number of hydrogen-bond donors (Lipinski definition) is 1. The number of halogens is 1. The van der Waals surface area contributed by atoms with Crippen LogP contribution in [0.15, 0.2) is 12.3 Å². The SMILES string of the molecule is OCCCCN1CCN(c2nccc(Cl)n2)CC1. The lowest BCUT2D eigenvalue weighted by Gasteiger charge is -2.34. The summed E-state index contributed by atoms with van der Waals surface area (Å²) in [5.41, 5.74) is 0. The molecule has 100 valence electrons. The Balaban J connectivity index is 1.79. The van der Waals surface area contributed by atoms with E-state index in [9.17, 15) is 0 Å². The highest BCUT2D eigenvalue weighted by Crippen LogP contribution is 2.13.